The summed E-state index contributed by atoms with van der Waals surface area (Å²) in [6, 6.07) is 7.08. The molecule has 0 aliphatic carbocycles. The molecule has 0 spiro atoms. The highest BCUT2D eigenvalue weighted by Crippen LogP contribution is 2.20. The summed E-state index contributed by atoms with van der Waals surface area (Å²) >= 11 is 0. The number of nitrogens with zero attached hydrogens (tertiary/aromatic N) is 4. The Bertz CT molecular complexity index is 933. The highest BCUT2D eigenvalue weighted by molar-refractivity contribution is 6.57. The molecule has 0 unspecified atom stereocenters. The number of carbonyl (C=O) groups excluding carboxylic acids is 1. The second-order valence-electron chi connectivity index (χ2n) is 6.49. The smallest absolute Gasteiger partial charge is 0.422 e. The summed E-state index contributed by atoms with van der Waals surface area (Å²) in [6.07, 6.45) is 8.34. The maximum absolute atomic E-state index is 12.6. The topological polar surface area (TPSA) is 91.5 Å². The van der Waals surface area contributed by atoms with E-state index in [4.69, 9.17) is 10.0 Å². The Labute approximate surface area is 151 Å². The number of aromatic nitrogens is 3. The third kappa shape index (κ3) is 3.09. The van der Waals surface area contributed by atoms with E-state index in [1.165, 1.54) is 6.42 Å². The van der Waals surface area contributed by atoms with Crippen molar-refractivity contribution in [3.05, 3.63) is 48.4 Å². The van der Waals surface area contributed by atoms with Crippen LogP contribution >= 0.6 is 0 Å². The fourth-order valence-corrected chi connectivity index (χ4v) is 3.32. The number of carbonyl (C=O) groups is 1. The van der Waals surface area contributed by atoms with Crippen LogP contribution in [0.4, 0.5) is 0 Å². The van der Waals surface area contributed by atoms with Gasteiger partial charge in [0.05, 0.1) is 23.0 Å². The summed E-state index contributed by atoms with van der Waals surface area (Å²) in [5.41, 5.74) is 2.27. The van der Waals surface area contributed by atoms with Gasteiger partial charge in [-0.05, 0) is 43.5 Å². The van der Waals surface area contributed by atoms with Crippen LogP contribution in [0.15, 0.2) is 42.9 Å². The molecule has 8 heteroatoms. The Balaban J connectivity index is 1.64. The van der Waals surface area contributed by atoms with E-state index in [1.54, 1.807) is 24.5 Å². The van der Waals surface area contributed by atoms with Crippen molar-refractivity contribution in [1.29, 1.82) is 0 Å². The largest absolute Gasteiger partial charge is 0.508 e. The number of fused-ring (bicyclic) bond motifs is 1. The first-order valence-electron chi connectivity index (χ1n) is 8.72. The number of hydrogen-bond acceptors (Lipinski definition) is 5. The predicted molar refractivity (Wildman–Crippen MR) is 98.4 cm³/mol. The number of amides is 1. The van der Waals surface area contributed by atoms with Crippen molar-refractivity contribution >= 4 is 29.7 Å². The van der Waals surface area contributed by atoms with Crippen LogP contribution in [-0.2, 0) is 0 Å². The lowest BCUT2D eigenvalue weighted by molar-refractivity contribution is 0.0724. The van der Waals surface area contributed by atoms with Crippen molar-refractivity contribution in [1.82, 2.24) is 19.4 Å². The Morgan fingerprint density at radius 3 is 2.54 bits per heavy atom. The molecule has 3 aromatic heterocycles. The molecule has 7 nitrogen and oxygen atoms in total. The minimum atomic E-state index is -1.59. The maximum Gasteiger partial charge on any atom is 0.508 e. The van der Waals surface area contributed by atoms with Crippen LogP contribution in [-0.4, -0.2) is 55.6 Å². The number of piperidine rings is 1. The van der Waals surface area contributed by atoms with E-state index in [0.29, 0.717) is 5.56 Å². The highest BCUT2D eigenvalue weighted by Gasteiger charge is 2.19. The average Bonchev–Trinajstić information content (AvgIpc) is 3.11. The summed E-state index contributed by atoms with van der Waals surface area (Å²) < 4.78 is 1.85. The summed E-state index contributed by atoms with van der Waals surface area (Å²) in [5.74, 6) is 0.0369. The first-order valence-corrected chi connectivity index (χ1v) is 8.72. The van der Waals surface area contributed by atoms with E-state index in [9.17, 15) is 4.79 Å². The molecular formula is C18H19BN4O3. The van der Waals surface area contributed by atoms with Gasteiger partial charge in [0.1, 0.15) is 5.65 Å². The van der Waals surface area contributed by atoms with Gasteiger partial charge in [-0.25, -0.2) is 4.98 Å². The van der Waals surface area contributed by atoms with Crippen molar-refractivity contribution < 1.29 is 14.8 Å². The van der Waals surface area contributed by atoms with Crippen molar-refractivity contribution in [2.45, 2.75) is 19.3 Å². The first kappa shape index (κ1) is 16.7. The SMILES string of the molecule is O=C(c1cnc2c(ccn2-c2ccc(B(O)O)nc2)c1)N1CCCCC1. The van der Waals surface area contributed by atoms with Crippen molar-refractivity contribution in [3.8, 4) is 5.69 Å². The molecule has 1 saturated heterocycles. The summed E-state index contributed by atoms with van der Waals surface area (Å²) in [6.45, 7) is 1.62. The van der Waals surface area contributed by atoms with Gasteiger partial charge in [-0.15, -0.1) is 0 Å². The standard InChI is InChI=1S/C18H19BN4O3/c24-18(22-7-2-1-3-8-22)14-10-13-6-9-23(17(13)21-11-14)15-4-5-16(19(25)26)20-12-15/h4-6,9-12,25-26H,1-3,7-8H2. The normalized spacial score (nSPS) is 14.6. The Hall–Kier alpha value is -2.71. The predicted octanol–water partition coefficient (Wildman–Crippen LogP) is 0.726. The van der Waals surface area contributed by atoms with Crippen molar-refractivity contribution in [2.75, 3.05) is 13.1 Å². The zero-order valence-corrected chi connectivity index (χ0v) is 14.2. The summed E-state index contributed by atoms with van der Waals surface area (Å²) in [7, 11) is -1.59. The molecule has 1 fully saturated rings. The molecule has 1 aliphatic rings. The van der Waals surface area contributed by atoms with E-state index < -0.39 is 7.12 Å². The molecule has 0 bridgehead atoms. The lowest BCUT2D eigenvalue weighted by Gasteiger charge is -2.26. The van der Waals surface area contributed by atoms with Crippen LogP contribution in [0.25, 0.3) is 16.7 Å². The fraction of sp³-hybridized carbons (Fsp3) is 0.278. The third-order valence-corrected chi connectivity index (χ3v) is 4.73. The van der Waals surface area contributed by atoms with Gasteiger partial charge in [-0.1, -0.05) is 0 Å². The Kier molecular flexibility index (Phi) is 4.44. The number of hydrogen-bond donors (Lipinski definition) is 2. The van der Waals surface area contributed by atoms with Crippen molar-refractivity contribution in [2.24, 2.45) is 0 Å². The molecule has 132 valence electrons. The maximum atomic E-state index is 12.6. The molecule has 4 rings (SSSR count). The molecule has 0 saturated carbocycles. The van der Waals surface area contributed by atoms with Gasteiger partial charge in [0, 0.05) is 30.9 Å². The Morgan fingerprint density at radius 1 is 1.04 bits per heavy atom. The van der Waals surface area contributed by atoms with Crippen LogP contribution in [0, 0.1) is 0 Å². The minimum absolute atomic E-state index is 0.0369. The van der Waals surface area contributed by atoms with Gasteiger partial charge in [0.2, 0.25) is 0 Å². The van der Waals surface area contributed by atoms with E-state index >= 15 is 0 Å². The zero-order chi connectivity index (χ0) is 18.1. The summed E-state index contributed by atoms with van der Waals surface area (Å²) in [5, 5.41) is 19.2. The zero-order valence-electron chi connectivity index (χ0n) is 14.2. The molecule has 0 aromatic carbocycles. The Morgan fingerprint density at radius 2 is 1.85 bits per heavy atom. The van der Waals surface area contributed by atoms with Crippen molar-refractivity contribution in [3.63, 3.8) is 0 Å². The average molecular weight is 350 g/mol. The lowest BCUT2D eigenvalue weighted by Crippen LogP contribution is -2.35. The molecule has 2 N–H and O–H groups in total. The molecule has 1 amide bonds. The second kappa shape index (κ2) is 6.89. The van der Waals surface area contributed by atoms with Gasteiger partial charge in [0.25, 0.3) is 5.91 Å². The van der Waals surface area contributed by atoms with E-state index in [-0.39, 0.29) is 11.5 Å². The number of rotatable bonds is 3. The number of pyridine rings is 2. The molecular weight excluding hydrogens is 331 g/mol. The lowest BCUT2D eigenvalue weighted by atomic mass is 9.86. The fourth-order valence-electron chi connectivity index (χ4n) is 3.32. The van der Waals surface area contributed by atoms with Gasteiger partial charge >= 0.3 is 7.12 Å². The molecule has 3 aromatic rings. The minimum Gasteiger partial charge on any atom is -0.422 e. The van der Waals surface area contributed by atoms with Crippen LogP contribution in [0.1, 0.15) is 29.6 Å². The van der Waals surface area contributed by atoms with Crippen LogP contribution < -0.4 is 5.59 Å². The van der Waals surface area contributed by atoms with Crippen LogP contribution in [0.2, 0.25) is 0 Å². The van der Waals surface area contributed by atoms with E-state index in [1.807, 2.05) is 27.8 Å². The molecule has 1 aliphatic heterocycles. The second-order valence-corrected chi connectivity index (χ2v) is 6.49. The van der Waals surface area contributed by atoms with E-state index in [2.05, 4.69) is 9.97 Å². The monoisotopic (exact) mass is 350 g/mol. The highest BCUT2D eigenvalue weighted by atomic mass is 16.4. The summed E-state index contributed by atoms with van der Waals surface area (Å²) in [4.78, 5) is 23.1. The first-order chi connectivity index (χ1) is 12.6. The third-order valence-electron chi connectivity index (χ3n) is 4.73. The van der Waals surface area contributed by atoms with Gasteiger partial charge in [0.15, 0.2) is 0 Å². The molecule has 4 heterocycles. The number of likely N-dealkylation sites (tertiary alicyclic amines) is 1. The van der Waals surface area contributed by atoms with Crippen LogP contribution in [0.3, 0.4) is 0 Å². The van der Waals surface area contributed by atoms with Gasteiger partial charge in [-0.2, -0.15) is 0 Å². The van der Waals surface area contributed by atoms with E-state index in [0.717, 1.165) is 42.7 Å². The van der Waals surface area contributed by atoms with Gasteiger partial charge in [-0.3, -0.25) is 14.3 Å². The quantitative estimate of drug-likeness (QED) is 0.680. The molecule has 0 atom stereocenters. The van der Waals surface area contributed by atoms with Crippen LogP contribution in [0.5, 0.6) is 0 Å². The van der Waals surface area contributed by atoms with Gasteiger partial charge < -0.3 is 14.9 Å². The molecule has 26 heavy (non-hydrogen) atoms. The molecule has 0 radical (unpaired) electrons.